The SMILES string of the molecule is CCN(CC)CCN(Cc1ccccc1)C(=O)C(C)N. The minimum atomic E-state index is -0.449. The number of hydrogen-bond donors (Lipinski definition) is 1. The van der Waals surface area contributed by atoms with Gasteiger partial charge in [-0.2, -0.15) is 0 Å². The molecule has 0 spiro atoms. The molecule has 4 nitrogen and oxygen atoms in total. The number of carbonyl (C=O) groups excluding carboxylic acids is 1. The van der Waals surface area contributed by atoms with Gasteiger partial charge in [0.15, 0.2) is 0 Å². The Morgan fingerprint density at radius 3 is 2.25 bits per heavy atom. The monoisotopic (exact) mass is 277 g/mol. The molecule has 0 bridgehead atoms. The van der Waals surface area contributed by atoms with Crippen molar-refractivity contribution < 1.29 is 4.79 Å². The third-order valence-corrected chi connectivity index (χ3v) is 3.50. The van der Waals surface area contributed by atoms with Gasteiger partial charge in [-0.05, 0) is 25.6 Å². The molecule has 1 unspecified atom stereocenters. The van der Waals surface area contributed by atoms with E-state index in [-0.39, 0.29) is 5.91 Å². The van der Waals surface area contributed by atoms with Gasteiger partial charge in [-0.3, -0.25) is 4.79 Å². The van der Waals surface area contributed by atoms with Crippen molar-refractivity contribution in [1.29, 1.82) is 0 Å². The first kappa shape index (κ1) is 16.7. The zero-order chi connectivity index (χ0) is 15.0. The molecule has 0 saturated carbocycles. The molecular formula is C16H27N3O. The first-order chi connectivity index (χ1) is 9.58. The van der Waals surface area contributed by atoms with Crippen molar-refractivity contribution in [2.45, 2.75) is 33.4 Å². The zero-order valence-corrected chi connectivity index (χ0v) is 12.9. The van der Waals surface area contributed by atoms with Crippen molar-refractivity contribution in [2.24, 2.45) is 5.73 Å². The molecule has 1 amide bonds. The first-order valence-corrected chi connectivity index (χ1v) is 7.39. The van der Waals surface area contributed by atoms with Crippen molar-refractivity contribution in [3.8, 4) is 0 Å². The van der Waals surface area contributed by atoms with E-state index >= 15 is 0 Å². The smallest absolute Gasteiger partial charge is 0.239 e. The third kappa shape index (κ3) is 5.31. The van der Waals surface area contributed by atoms with Gasteiger partial charge in [-0.1, -0.05) is 44.2 Å². The maximum Gasteiger partial charge on any atom is 0.239 e. The average molecular weight is 277 g/mol. The standard InChI is InChI=1S/C16H27N3O/c1-4-18(5-2)11-12-19(16(20)14(3)17)13-15-9-7-6-8-10-15/h6-10,14H,4-5,11-13,17H2,1-3H3. The van der Waals surface area contributed by atoms with Crippen molar-refractivity contribution in [3.05, 3.63) is 35.9 Å². The Balaban J connectivity index is 2.68. The van der Waals surface area contributed by atoms with E-state index in [1.165, 1.54) is 0 Å². The summed E-state index contributed by atoms with van der Waals surface area (Å²) in [5.41, 5.74) is 6.90. The van der Waals surface area contributed by atoms with Gasteiger partial charge in [-0.15, -0.1) is 0 Å². The molecule has 112 valence electrons. The summed E-state index contributed by atoms with van der Waals surface area (Å²) in [6, 6.07) is 9.60. The van der Waals surface area contributed by atoms with Crippen LogP contribution in [-0.4, -0.2) is 47.9 Å². The van der Waals surface area contributed by atoms with Crippen molar-refractivity contribution in [3.63, 3.8) is 0 Å². The van der Waals surface area contributed by atoms with Crippen molar-refractivity contribution in [1.82, 2.24) is 9.80 Å². The van der Waals surface area contributed by atoms with Gasteiger partial charge in [0, 0.05) is 19.6 Å². The summed E-state index contributed by atoms with van der Waals surface area (Å²) in [7, 11) is 0. The summed E-state index contributed by atoms with van der Waals surface area (Å²) in [6.07, 6.45) is 0. The fraction of sp³-hybridized carbons (Fsp3) is 0.562. The van der Waals surface area contributed by atoms with Gasteiger partial charge in [0.25, 0.3) is 0 Å². The number of nitrogens with two attached hydrogens (primary N) is 1. The summed E-state index contributed by atoms with van der Waals surface area (Å²) in [6.45, 7) is 10.3. The van der Waals surface area contributed by atoms with Crippen LogP contribution in [0.25, 0.3) is 0 Å². The van der Waals surface area contributed by atoms with Crippen LogP contribution in [0.3, 0.4) is 0 Å². The lowest BCUT2D eigenvalue weighted by atomic mass is 10.2. The molecule has 0 heterocycles. The van der Waals surface area contributed by atoms with E-state index in [1.807, 2.05) is 35.2 Å². The predicted octanol–water partition coefficient (Wildman–Crippen LogP) is 1.70. The van der Waals surface area contributed by atoms with E-state index in [9.17, 15) is 4.79 Å². The predicted molar refractivity (Wildman–Crippen MR) is 83.3 cm³/mol. The Morgan fingerprint density at radius 1 is 1.15 bits per heavy atom. The van der Waals surface area contributed by atoms with Gasteiger partial charge in [0.1, 0.15) is 0 Å². The Labute approximate surface area is 122 Å². The molecule has 1 rings (SSSR count). The second-order valence-corrected chi connectivity index (χ2v) is 5.06. The Morgan fingerprint density at radius 2 is 1.75 bits per heavy atom. The Kier molecular flexibility index (Phi) is 7.26. The lowest BCUT2D eigenvalue weighted by Crippen LogP contribution is -2.45. The minimum absolute atomic E-state index is 0.0148. The number of benzene rings is 1. The van der Waals surface area contributed by atoms with Crippen LogP contribution in [0.5, 0.6) is 0 Å². The highest BCUT2D eigenvalue weighted by atomic mass is 16.2. The minimum Gasteiger partial charge on any atom is -0.336 e. The topological polar surface area (TPSA) is 49.6 Å². The number of likely N-dealkylation sites (N-methyl/N-ethyl adjacent to an activating group) is 1. The summed E-state index contributed by atoms with van der Waals surface area (Å²) in [5, 5.41) is 0. The van der Waals surface area contributed by atoms with Crippen molar-refractivity contribution >= 4 is 5.91 Å². The molecule has 0 fully saturated rings. The third-order valence-electron chi connectivity index (χ3n) is 3.50. The summed E-state index contributed by atoms with van der Waals surface area (Å²) in [5.74, 6) is 0.0148. The maximum absolute atomic E-state index is 12.2. The molecule has 1 aromatic carbocycles. The van der Waals surface area contributed by atoms with Gasteiger partial charge in [0.2, 0.25) is 5.91 Å². The van der Waals surface area contributed by atoms with Crippen LogP contribution in [0.15, 0.2) is 30.3 Å². The van der Waals surface area contributed by atoms with Gasteiger partial charge in [-0.25, -0.2) is 0 Å². The maximum atomic E-state index is 12.2. The Hall–Kier alpha value is -1.39. The zero-order valence-electron chi connectivity index (χ0n) is 12.9. The van der Waals surface area contributed by atoms with Crippen LogP contribution in [0.4, 0.5) is 0 Å². The lowest BCUT2D eigenvalue weighted by molar-refractivity contribution is -0.133. The van der Waals surface area contributed by atoms with Crippen LogP contribution >= 0.6 is 0 Å². The van der Waals surface area contributed by atoms with Crippen LogP contribution < -0.4 is 5.73 Å². The average Bonchev–Trinajstić information content (AvgIpc) is 2.47. The van der Waals surface area contributed by atoms with E-state index in [2.05, 4.69) is 18.7 Å². The molecule has 0 aromatic heterocycles. The van der Waals surface area contributed by atoms with Crippen LogP contribution in [0.1, 0.15) is 26.3 Å². The van der Waals surface area contributed by atoms with Crippen LogP contribution in [0, 0.1) is 0 Å². The molecular weight excluding hydrogens is 250 g/mol. The fourth-order valence-electron chi connectivity index (χ4n) is 2.16. The summed E-state index contributed by atoms with van der Waals surface area (Å²) in [4.78, 5) is 16.4. The molecule has 20 heavy (non-hydrogen) atoms. The number of carbonyl (C=O) groups is 1. The van der Waals surface area contributed by atoms with E-state index in [1.54, 1.807) is 6.92 Å². The normalized spacial score (nSPS) is 12.4. The lowest BCUT2D eigenvalue weighted by Gasteiger charge is -2.28. The highest BCUT2D eigenvalue weighted by Crippen LogP contribution is 2.06. The van der Waals surface area contributed by atoms with E-state index in [0.29, 0.717) is 6.54 Å². The molecule has 4 heteroatoms. The van der Waals surface area contributed by atoms with E-state index in [0.717, 1.165) is 31.7 Å². The molecule has 0 aliphatic rings. The van der Waals surface area contributed by atoms with E-state index in [4.69, 9.17) is 5.73 Å². The number of nitrogens with zero attached hydrogens (tertiary/aromatic N) is 2. The largest absolute Gasteiger partial charge is 0.336 e. The molecule has 0 radical (unpaired) electrons. The second kappa shape index (κ2) is 8.72. The number of amides is 1. The first-order valence-electron chi connectivity index (χ1n) is 7.39. The molecule has 2 N–H and O–H groups in total. The quantitative estimate of drug-likeness (QED) is 0.787. The van der Waals surface area contributed by atoms with Crippen LogP contribution in [0.2, 0.25) is 0 Å². The van der Waals surface area contributed by atoms with Gasteiger partial charge < -0.3 is 15.5 Å². The molecule has 0 aliphatic carbocycles. The molecule has 1 atom stereocenters. The van der Waals surface area contributed by atoms with Crippen LogP contribution in [-0.2, 0) is 11.3 Å². The summed E-state index contributed by atoms with van der Waals surface area (Å²) >= 11 is 0. The molecule has 1 aromatic rings. The van der Waals surface area contributed by atoms with E-state index < -0.39 is 6.04 Å². The number of rotatable bonds is 8. The highest BCUT2D eigenvalue weighted by molar-refractivity contribution is 5.81. The summed E-state index contributed by atoms with van der Waals surface area (Å²) < 4.78 is 0. The fourth-order valence-corrected chi connectivity index (χ4v) is 2.16. The Bertz CT molecular complexity index is 388. The number of hydrogen-bond acceptors (Lipinski definition) is 3. The van der Waals surface area contributed by atoms with Crippen molar-refractivity contribution in [2.75, 3.05) is 26.2 Å². The van der Waals surface area contributed by atoms with Gasteiger partial charge in [0.05, 0.1) is 6.04 Å². The second-order valence-electron chi connectivity index (χ2n) is 5.06. The highest BCUT2D eigenvalue weighted by Gasteiger charge is 2.18. The molecule has 0 saturated heterocycles. The molecule has 0 aliphatic heterocycles. The van der Waals surface area contributed by atoms with Gasteiger partial charge >= 0.3 is 0 Å².